The van der Waals surface area contributed by atoms with Crippen molar-refractivity contribution < 1.29 is 19.1 Å². The predicted molar refractivity (Wildman–Crippen MR) is 78.8 cm³/mol. The van der Waals surface area contributed by atoms with Gasteiger partial charge in [0.05, 0.1) is 0 Å². The SMILES string of the molecule is Cc1cc(Br)oc1C(=O)NCCCCCCCC(=O)O. The van der Waals surface area contributed by atoms with Crippen LogP contribution in [0.5, 0.6) is 0 Å². The van der Waals surface area contributed by atoms with E-state index in [1.165, 1.54) is 0 Å². The van der Waals surface area contributed by atoms with Gasteiger partial charge in [-0.1, -0.05) is 19.3 Å². The molecular formula is C14H20BrNO4. The fraction of sp³-hybridized carbons (Fsp3) is 0.571. The third-order valence-electron chi connectivity index (χ3n) is 2.95. The highest BCUT2D eigenvalue weighted by molar-refractivity contribution is 9.10. The van der Waals surface area contributed by atoms with Crippen molar-refractivity contribution in [3.63, 3.8) is 0 Å². The van der Waals surface area contributed by atoms with Crippen LogP contribution < -0.4 is 5.32 Å². The Morgan fingerprint density at radius 1 is 1.25 bits per heavy atom. The van der Waals surface area contributed by atoms with Crippen molar-refractivity contribution in [1.82, 2.24) is 5.32 Å². The van der Waals surface area contributed by atoms with Gasteiger partial charge in [-0.15, -0.1) is 0 Å². The molecular weight excluding hydrogens is 326 g/mol. The lowest BCUT2D eigenvalue weighted by Crippen LogP contribution is -2.24. The molecule has 6 heteroatoms. The van der Waals surface area contributed by atoms with Gasteiger partial charge in [-0.2, -0.15) is 0 Å². The number of hydrogen-bond acceptors (Lipinski definition) is 3. The number of carbonyl (C=O) groups is 2. The van der Waals surface area contributed by atoms with Crippen LogP contribution in [0.4, 0.5) is 0 Å². The zero-order chi connectivity index (χ0) is 15.0. The number of halogens is 1. The minimum absolute atomic E-state index is 0.195. The van der Waals surface area contributed by atoms with Crippen molar-refractivity contribution in [2.45, 2.75) is 45.4 Å². The largest absolute Gasteiger partial charge is 0.481 e. The van der Waals surface area contributed by atoms with Gasteiger partial charge in [0.2, 0.25) is 0 Å². The summed E-state index contributed by atoms with van der Waals surface area (Å²) in [6, 6.07) is 1.76. The van der Waals surface area contributed by atoms with E-state index < -0.39 is 5.97 Å². The number of aliphatic carboxylic acids is 1. The van der Waals surface area contributed by atoms with E-state index in [9.17, 15) is 9.59 Å². The van der Waals surface area contributed by atoms with Gasteiger partial charge in [0.15, 0.2) is 10.4 Å². The van der Waals surface area contributed by atoms with Crippen LogP contribution in [-0.4, -0.2) is 23.5 Å². The quantitative estimate of drug-likeness (QED) is 0.671. The van der Waals surface area contributed by atoms with Crippen LogP contribution in [0.3, 0.4) is 0 Å². The second-order valence-electron chi connectivity index (χ2n) is 4.73. The molecule has 0 aliphatic carbocycles. The summed E-state index contributed by atoms with van der Waals surface area (Å²) in [4.78, 5) is 22.1. The van der Waals surface area contributed by atoms with Crippen LogP contribution >= 0.6 is 15.9 Å². The summed E-state index contributed by atoms with van der Waals surface area (Å²) in [6.07, 6.45) is 4.75. The first-order valence-corrected chi connectivity index (χ1v) is 7.56. The van der Waals surface area contributed by atoms with Gasteiger partial charge in [-0.3, -0.25) is 9.59 Å². The number of nitrogens with one attached hydrogen (secondary N) is 1. The summed E-state index contributed by atoms with van der Waals surface area (Å²) in [6.45, 7) is 2.43. The lowest BCUT2D eigenvalue weighted by atomic mass is 10.1. The molecule has 0 saturated heterocycles. The Hall–Kier alpha value is -1.30. The van der Waals surface area contributed by atoms with Crippen LogP contribution in [0.15, 0.2) is 15.2 Å². The van der Waals surface area contributed by atoms with Crippen molar-refractivity contribution in [3.05, 3.63) is 22.1 Å². The normalized spacial score (nSPS) is 10.5. The summed E-state index contributed by atoms with van der Waals surface area (Å²) < 4.78 is 5.81. The summed E-state index contributed by atoms with van der Waals surface area (Å²) in [5, 5.41) is 11.3. The van der Waals surface area contributed by atoms with E-state index in [0.717, 1.165) is 37.7 Å². The number of carboxylic acid groups (broad SMARTS) is 1. The van der Waals surface area contributed by atoms with Gasteiger partial charge in [0, 0.05) is 18.5 Å². The summed E-state index contributed by atoms with van der Waals surface area (Å²) >= 11 is 3.19. The Morgan fingerprint density at radius 2 is 1.90 bits per heavy atom. The highest BCUT2D eigenvalue weighted by atomic mass is 79.9. The third kappa shape index (κ3) is 6.23. The molecule has 0 saturated carbocycles. The molecule has 20 heavy (non-hydrogen) atoms. The van der Waals surface area contributed by atoms with E-state index in [4.69, 9.17) is 9.52 Å². The highest BCUT2D eigenvalue weighted by Gasteiger charge is 2.13. The second kappa shape index (κ2) is 8.79. The van der Waals surface area contributed by atoms with E-state index in [0.29, 0.717) is 17.0 Å². The minimum atomic E-state index is -0.739. The molecule has 0 aliphatic rings. The topological polar surface area (TPSA) is 79.5 Å². The lowest BCUT2D eigenvalue weighted by molar-refractivity contribution is -0.137. The molecule has 2 N–H and O–H groups in total. The number of amides is 1. The standard InChI is InChI=1S/C14H20BrNO4/c1-10-9-11(15)20-13(10)14(19)16-8-6-4-2-3-5-7-12(17)18/h9H,2-8H2,1H3,(H,16,19)(H,17,18). The molecule has 0 fully saturated rings. The number of carboxylic acids is 1. The van der Waals surface area contributed by atoms with Gasteiger partial charge < -0.3 is 14.8 Å². The molecule has 0 aliphatic heterocycles. The fourth-order valence-corrected chi connectivity index (χ4v) is 2.39. The van der Waals surface area contributed by atoms with Gasteiger partial charge in [0.1, 0.15) is 0 Å². The molecule has 1 aromatic rings. The average molecular weight is 346 g/mol. The van der Waals surface area contributed by atoms with Crippen molar-refractivity contribution >= 4 is 27.8 Å². The third-order valence-corrected chi connectivity index (χ3v) is 3.34. The molecule has 0 atom stereocenters. The summed E-state index contributed by atoms with van der Waals surface area (Å²) in [5.41, 5.74) is 0.808. The van der Waals surface area contributed by atoms with Gasteiger partial charge >= 0.3 is 5.97 Å². The van der Waals surface area contributed by atoms with Crippen LogP contribution in [-0.2, 0) is 4.79 Å². The Labute approximate surface area is 126 Å². The maximum absolute atomic E-state index is 11.8. The van der Waals surface area contributed by atoms with Crippen LogP contribution in [0, 0.1) is 6.92 Å². The van der Waals surface area contributed by atoms with E-state index in [1.54, 1.807) is 6.07 Å². The Bertz CT molecular complexity index is 456. The number of carbonyl (C=O) groups excluding carboxylic acids is 1. The molecule has 112 valence electrons. The number of furan rings is 1. The monoisotopic (exact) mass is 345 g/mol. The number of hydrogen-bond donors (Lipinski definition) is 2. The molecule has 0 unspecified atom stereocenters. The zero-order valence-corrected chi connectivity index (χ0v) is 13.2. The predicted octanol–water partition coefficient (Wildman–Crippen LogP) is 3.51. The zero-order valence-electron chi connectivity index (χ0n) is 11.6. The summed E-state index contributed by atoms with van der Waals surface area (Å²) in [5.74, 6) is -0.588. The average Bonchev–Trinajstić information content (AvgIpc) is 2.71. The van der Waals surface area contributed by atoms with Gasteiger partial charge in [-0.25, -0.2) is 0 Å². The Kier molecular flexibility index (Phi) is 7.36. The van der Waals surface area contributed by atoms with Crippen molar-refractivity contribution in [2.75, 3.05) is 6.54 Å². The maximum Gasteiger partial charge on any atom is 0.303 e. The van der Waals surface area contributed by atoms with E-state index in [-0.39, 0.29) is 12.3 Å². The minimum Gasteiger partial charge on any atom is -0.481 e. The first-order valence-electron chi connectivity index (χ1n) is 6.76. The van der Waals surface area contributed by atoms with Crippen LogP contribution in [0.25, 0.3) is 0 Å². The number of rotatable bonds is 9. The van der Waals surface area contributed by atoms with Gasteiger partial charge in [-0.05, 0) is 41.8 Å². The number of aryl methyl sites for hydroxylation is 1. The molecule has 1 amide bonds. The molecule has 0 radical (unpaired) electrons. The van der Waals surface area contributed by atoms with Crippen molar-refractivity contribution in [2.24, 2.45) is 0 Å². The lowest BCUT2D eigenvalue weighted by Gasteiger charge is -2.04. The summed E-state index contributed by atoms with van der Waals surface area (Å²) in [7, 11) is 0. The smallest absolute Gasteiger partial charge is 0.303 e. The Balaban J connectivity index is 2.08. The van der Waals surface area contributed by atoms with Crippen LogP contribution in [0.1, 0.15) is 54.6 Å². The second-order valence-corrected chi connectivity index (χ2v) is 5.51. The Morgan fingerprint density at radius 3 is 2.50 bits per heavy atom. The molecule has 1 aromatic heterocycles. The number of unbranched alkanes of at least 4 members (excludes halogenated alkanes) is 4. The first-order chi connectivity index (χ1) is 9.50. The van der Waals surface area contributed by atoms with E-state index >= 15 is 0 Å². The maximum atomic E-state index is 11.8. The molecule has 0 bridgehead atoms. The molecule has 0 spiro atoms. The van der Waals surface area contributed by atoms with Crippen molar-refractivity contribution in [1.29, 1.82) is 0 Å². The van der Waals surface area contributed by atoms with E-state index in [2.05, 4.69) is 21.2 Å². The first kappa shape index (κ1) is 16.8. The highest BCUT2D eigenvalue weighted by Crippen LogP contribution is 2.19. The molecule has 5 nitrogen and oxygen atoms in total. The van der Waals surface area contributed by atoms with Crippen molar-refractivity contribution in [3.8, 4) is 0 Å². The van der Waals surface area contributed by atoms with Gasteiger partial charge in [0.25, 0.3) is 5.91 Å². The van der Waals surface area contributed by atoms with Crippen LogP contribution in [0.2, 0.25) is 0 Å². The van der Waals surface area contributed by atoms with E-state index in [1.807, 2.05) is 6.92 Å². The molecule has 1 rings (SSSR count). The molecule has 1 heterocycles. The fourth-order valence-electron chi connectivity index (χ4n) is 1.88. The molecule has 0 aromatic carbocycles.